The number of hydrogen-bond acceptors (Lipinski definition) is 14. The second-order valence-electron chi connectivity index (χ2n) is 19.7. The third-order valence-electron chi connectivity index (χ3n) is 14.4. The van der Waals surface area contributed by atoms with E-state index in [1.165, 1.54) is 12.0 Å². The highest BCUT2D eigenvalue weighted by molar-refractivity contribution is 6.39. The standard InChI is InChI=1S/C53H85NO14/c1-33(18-13-12-14-19-34(2)40(8)63-9)28-37(5)47(57)49(65-11)48(58)38(6)29-35(3)43(56)32-45(36(4)30-41-22-23-44(66-27-25-55)46(31-41)64-10)68-52(61)42-21-15-16-24-54(42)51(60)50(59)53(62)39(7)20-17-26-67-53/h12-14,18-19,29,33,35-37,39-42,44-46,48-49,55,58,62H,15-17,20-28,30-32H2,1-11H3/b14-12+,18-13+,34-19+,38-29+/t33-,35-,36+,37-,39-,40+,41+,42+,44-,45+,46-,48-,49+,53-/m1/s1. The fourth-order valence-corrected chi connectivity index (χ4v) is 9.74. The molecular formula is C53H85NO14. The van der Waals surface area contributed by atoms with Gasteiger partial charge < -0.3 is 48.6 Å². The monoisotopic (exact) mass is 960 g/mol. The normalized spacial score (nSPS) is 27.8. The number of Topliss-reactive ketones (excluding diaryl/α,β-unsaturated/α-hetero) is 3. The Labute approximate surface area is 406 Å². The van der Waals surface area contributed by atoms with Crippen molar-refractivity contribution >= 4 is 29.2 Å². The summed E-state index contributed by atoms with van der Waals surface area (Å²) in [6, 6.07) is -1.11. The number of amides is 1. The van der Waals surface area contributed by atoms with Gasteiger partial charge in [-0.25, -0.2) is 4.79 Å². The molecule has 3 N–H and O–H groups in total. The number of aliphatic hydroxyl groups is 3. The third kappa shape index (κ3) is 16.9. The van der Waals surface area contributed by atoms with Crippen LogP contribution in [-0.2, 0) is 52.4 Å². The smallest absolute Gasteiger partial charge is 0.329 e. The molecule has 0 aromatic carbocycles. The van der Waals surface area contributed by atoms with Gasteiger partial charge in [0.05, 0.1) is 38.1 Å². The fourth-order valence-electron chi connectivity index (χ4n) is 9.74. The molecule has 1 amide bonds. The first-order valence-corrected chi connectivity index (χ1v) is 24.9. The Morgan fingerprint density at radius 2 is 1.60 bits per heavy atom. The Morgan fingerprint density at radius 3 is 2.25 bits per heavy atom. The van der Waals surface area contributed by atoms with Crippen LogP contribution in [-0.4, -0.2) is 146 Å². The van der Waals surface area contributed by atoms with Gasteiger partial charge in [-0.3, -0.25) is 19.2 Å². The first-order chi connectivity index (χ1) is 32.2. The molecule has 15 nitrogen and oxygen atoms in total. The highest BCUT2D eigenvalue weighted by Gasteiger charge is 2.51. The minimum atomic E-state index is -2.29. The van der Waals surface area contributed by atoms with Gasteiger partial charge in [-0.15, -0.1) is 0 Å². The second-order valence-corrected chi connectivity index (χ2v) is 19.7. The summed E-state index contributed by atoms with van der Waals surface area (Å²) in [4.78, 5) is 70.6. The SMILES string of the molecule is CO[C@@H](C)/C(C)=C/C=C/C=C/[C@@H](C)C[C@@H](C)C(=O)[C@H](OC)[C@H](O)/C(C)=C/[C@@H](C)C(=O)C[C@H](OC(=O)[C@@H]1CCCCN1C(=O)C(=O)[C@]1(O)OCCC[C@H]1C)[C@@H](C)C[C@@H]1CC[C@@H](OCCO)[C@H](OC)C1. The summed E-state index contributed by atoms with van der Waals surface area (Å²) < 4.78 is 34.3. The average molecular weight is 960 g/mol. The Kier molecular flexibility index (Phi) is 25.2. The van der Waals surface area contributed by atoms with E-state index >= 15 is 0 Å². The maximum atomic E-state index is 14.3. The van der Waals surface area contributed by atoms with E-state index in [0.717, 1.165) is 12.0 Å². The van der Waals surface area contributed by atoms with Crippen LogP contribution in [0, 0.1) is 35.5 Å². The molecule has 3 fully saturated rings. The summed E-state index contributed by atoms with van der Waals surface area (Å²) in [6.07, 6.45) is 13.3. The second kappa shape index (κ2) is 29.1. The van der Waals surface area contributed by atoms with Gasteiger partial charge in [-0.2, -0.15) is 0 Å². The summed E-state index contributed by atoms with van der Waals surface area (Å²) >= 11 is 0. The molecule has 15 heteroatoms. The molecule has 0 aromatic rings. The van der Waals surface area contributed by atoms with Crippen LogP contribution in [0.15, 0.2) is 47.6 Å². The van der Waals surface area contributed by atoms with Crippen molar-refractivity contribution in [1.82, 2.24) is 4.90 Å². The number of esters is 1. The first kappa shape index (κ1) is 58.9. The molecular weight excluding hydrogens is 875 g/mol. The molecule has 0 bridgehead atoms. The van der Waals surface area contributed by atoms with Crippen LogP contribution in [0.4, 0.5) is 0 Å². The van der Waals surface area contributed by atoms with E-state index in [4.69, 9.17) is 28.4 Å². The number of ether oxygens (including phenoxy) is 6. The lowest BCUT2D eigenvalue weighted by molar-refractivity contribution is -0.241. The molecule has 2 aliphatic heterocycles. The van der Waals surface area contributed by atoms with E-state index in [9.17, 15) is 39.3 Å². The van der Waals surface area contributed by atoms with Crippen LogP contribution in [0.1, 0.15) is 126 Å². The predicted molar refractivity (Wildman–Crippen MR) is 258 cm³/mol. The molecule has 0 aromatic heterocycles. The van der Waals surface area contributed by atoms with Crippen LogP contribution in [0.25, 0.3) is 0 Å². The molecule has 3 rings (SSSR count). The van der Waals surface area contributed by atoms with Crippen molar-refractivity contribution in [2.24, 2.45) is 35.5 Å². The van der Waals surface area contributed by atoms with Gasteiger partial charge in [-0.1, -0.05) is 71.1 Å². The van der Waals surface area contributed by atoms with Crippen molar-refractivity contribution in [2.75, 3.05) is 47.7 Å². The van der Waals surface area contributed by atoms with E-state index < -0.39 is 65.6 Å². The first-order valence-electron chi connectivity index (χ1n) is 24.9. The number of rotatable bonds is 27. The molecule has 0 radical (unpaired) electrons. The van der Waals surface area contributed by atoms with Gasteiger partial charge in [0.25, 0.3) is 11.7 Å². The lowest BCUT2D eigenvalue weighted by Gasteiger charge is -2.40. The molecule has 1 aliphatic carbocycles. The van der Waals surface area contributed by atoms with Gasteiger partial charge in [-0.05, 0) is 114 Å². The number of carbonyl (C=O) groups excluding carboxylic acids is 5. The quantitative estimate of drug-likeness (QED) is 0.0351. The van der Waals surface area contributed by atoms with E-state index in [-0.39, 0.29) is 86.8 Å². The molecule has 386 valence electrons. The molecule has 0 spiro atoms. The largest absolute Gasteiger partial charge is 0.460 e. The summed E-state index contributed by atoms with van der Waals surface area (Å²) in [5, 5.41) is 32.0. The number of piperidine rings is 1. The van der Waals surface area contributed by atoms with E-state index in [1.54, 1.807) is 41.1 Å². The molecule has 0 unspecified atom stereocenters. The Morgan fingerprint density at radius 1 is 0.882 bits per heavy atom. The van der Waals surface area contributed by atoms with Crippen molar-refractivity contribution in [3.63, 3.8) is 0 Å². The van der Waals surface area contributed by atoms with E-state index in [0.29, 0.717) is 56.9 Å². The summed E-state index contributed by atoms with van der Waals surface area (Å²) in [6.45, 7) is 15.1. The Bertz CT molecular complexity index is 1760. The summed E-state index contributed by atoms with van der Waals surface area (Å²) in [5.74, 6) is -7.58. The Hall–Kier alpha value is -3.41. The van der Waals surface area contributed by atoms with Crippen molar-refractivity contribution < 1.29 is 67.7 Å². The zero-order chi connectivity index (χ0) is 50.7. The minimum Gasteiger partial charge on any atom is -0.460 e. The van der Waals surface area contributed by atoms with E-state index in [1.807, 2.05) is 65.0 Å². The lowest BCUT2D eigenvalue weighted by Crippen LogP contribution is -2.59. The predicted octanol–water partition coefficient (Wildman–Crippen LogP) is 6.44. The van der Waals surface area contributed by atoms with Gasteiger partial charge >= 0.3 is 5.97 Å². The highest BCUT2D eigenvalue weighted by atomic mass is 16.6. The topological polar surface area (TPSA) is 205 Å². The van der Waals surface area contributed by atoms with Gasteiger partial charge in [0.1, 0.15) is 30.1 Å². The van der Waals surface area contributed by atoms with Crippen LogP contribution >= 0.6 is 0 Å². The summed E-state index contributed by atoms with van der Waals surface area (Å²) in [7, 11) is 4.67. The zero-order valence-corrected chi connectivity index (χ0v) is 42.9. The number of ketones is 3. The van der Waals surface area contributed by atoms with Gasteiger partial charge in [0.2, 0.25) is 5.79 Å². The lowest BCUT2D eigenvalue weighted by atomic mass is 9.78. The van der Waals surface area contributed by atoms with Crippen LogP contribution in [0.5, 0.6) is 0 Å². The molecule has 1 saturated carbocycles. The van der Waals surface area contributed by atoms with Crippen LogP contribution in [0.3, 0.4) is 0 Å². The third-order valence-corrected chi connectivity index (χ3v) is 14.4. The summed E-state index contributed by atoms with van der Waals surface area (Å²) in [5.41, 5.74) is 1.48. The molecule has 68 heavy (non-hydrogen) atoms. The van der Waals surface area contributed by atoms with Crippen molar-refractivity contribution in [3.05, 3.63) is 47.6 Å². The molecule has 2 saturated heterocycles. The van der Waals surface area contributed by atoms with E-state index in [2.05, 4.69) is 0 Å². The molecule has 14 atom stereocenters. The number of nitrogens with zero attached hydrogens (tertiary/aromatic N) is 1. The highest BCUT2D eigenvalue weighted by Crippen LogP contribution is 2.36. The van der Waals surface area contributed by atoms with Crippen molar-refractivity contribution in [1.29, 1.82) is 0 Å². The maximum absolute atomic E-state index is 14.3. The number of methoxy groups -OCH3 is 3. The van der Waals surface area contributed by atoms with Gasteiger partial charge in [0.15, 0.2) is 5.78 Å². The van der Waals surface area contributed by atoms with Crippen molar-refractivity contribution in [2.45, 2.75) is 174 Å². The number of allylic oxidation sites excluding steroid dienone is 6. The zero-order valence-electron chi connectivity index (χ0n) is 42.9. The molecule has 2 heterocycles. The number of hydrogen-bond donors (Lipinski definition) is 3. The van der Waals surface area contributed by atoms with Crippen LogP contribution in [0.2, 0.25) is 0 Å². The Balaban J connectivity index is 1.79. The number of aliphatic hydroxyl groups excluding tert-OH is 2. The van der Waals surface area contributed by atoms with Crippen LogP contribution < -0.4 is 0 Å². The maximum Gasteiger partial charge on any atom is 0.329 e. The number of likely N-dealkylation sites (tertiary alicyclic amines) is 1. The van der Waals surface area contributed by atoms with Crippen molar-refractivity contribution in [3.8, 4) is 0 Å². The minimum absolute atomic E-state index is 0.0259. The van der Waals surface area contributed by atoms with Gasteiger partial charge in [0, 0.05) is 52.0 Å². The fraction of sp³-hybridized carbons (Fsp3) is 0.755. The average Bonchev–Trinajstić information content (AvgIpc) is 3.32. The number of carbonyl (C=O) groups is 5. The molecule has 3 aliphatic rings.